The molecule has 1 aromatic rings. The number of amides is 3. The number of fused-ring (bicyclic) bond motifs is 1. The maximum absolute atomic E-state index is 12.4. The van der Waals surface area contributed by atoms with Crippen LogP contribution in [0.25, 0.3) is 0 Å². The highest BCUT2D eigenvalue weighted by atomic mass is 16.2. The summed E-state index contributed by atoms with van der Waals surface area (Å²) in [5.74, 6) is -0.939. The van der Waals surface area contributed by atoms with Gasteiger partial charge < -0.3 is 10.2 Å². The van der Waals surface area contributed by atoms with Crippen molar-refractivity contribution in [2.24, 2.45) is 11.8 Å². The summed E-state index contributed by atoms with van der Waals surface area (Å²) in [4.78, 5) is 40.5. The zero-order valence-corrected chi connectivity index (χ0v) is 16.0. The molecule has 6 heteroatoms. The summed E-state index contributed by atoms with van der Waals surface area (Å²) in [5, 5.41) is 2.85. The molecule has 0 bridgehead atoms. The minimum absolute atomic E-state index is 0.138. The Kier molecular flexibility index (Phi) is 6.48. The van der Waals surface area contributed by atoms with E-state index in [1.54, 1.807) is 0 Å². The molecule has 2 atom stereocenters. The van der Waals surface area contributed by atoms with Crippen molar-refractivity contribution in [3.8, 4) is 0 Å². The van der Waals surface area contributed by atoms with E-state index in [-0.39, 0.29) is 36.1 Å². The molecular weight excluding hydrogens is 342 g/mol. The number of likely N-dealkylation sites (tertiary alicyclic amines) is 1. The number of rotatable bonds is 8. The quantitative estimate of drug-likeness (QED) is 0.562. The summed E-state index contributed by atoms with van der Waals surface area (Å²) in [6.45, 7) is 4.24. The Hall–Kier alpha value is -2.37. The van der Waals surface area contributed by atoms with Crippen LogP contribution in [0.5, 0.6) is 0 Å². The zero-order valence-electron chi connectivity index (χ0n) is 16.0. The molecule has 3 amide bonds. The molecule has 1 aromatic carbocycles. The number of nitrogens with one attached hydrogen (secondary N) is 1. The van der Waals surface area contributed by atoms with Gasteiger partial charge in [-0.1, -0.05) is 31.0 Å². The van der Waals surface area contributed by atoms with Gasteiger partial charge in [-0.05, 0) is 38.3 Å². The molecule has 1 N–H and O–H groups in total. The van der Waals surface area contributed by atoms with Gasteiger partial charge in [-0.25, -0.2) is 0 Å². The van der Waals surface area contributed by atoms with Crippen LogP contribution < -0.4 is 10.2 Å². The highest BCUT2D eigenvalue weighted by Crippen LogP contribution is 2.37. The summed E-state index contributed by atoms with van der Waals surface area (Å²) in [6.07, 6.45) is 4.35. The lowest BCUT2D eigenvalue weighted by Gasteiger charge is -2.23. The van der Waals surface area contributed by atoms with Crippen molar-refractivity contribution >= 4 is 23.4 Å². The first-order valence-electron chi connectivity index (χ1n) is 10.0. The van der Waals surface area contributed by atoms with Gasteiger partial charge in [0.25, 0.3) is 0 Å². The van der Waals surface area contributed by atoms with Crippen LogP contribution in [-0.4, -0.2) is 48.8 Å². The molecule has 1 aliphatic carbocycles. The summed E-state index contributed by atoms with van der Waals surface area (Å²) in [5.41, 5.74) is 1.17. The normalized spacial score (nSPS) is 21.9. The molecule has 0 spiro atoms. The van der Waals surface area contributed by atoms with E-state index in [0.717, 1.165) is 45.2 Å². The van der Waals surface area contributed by atoms with Crippen LogP contribution >= 0.6 is 0 Å². The Morgan fingerprint density at radius 3 is 2.33 bits per heavy atom. The lowest BCUT2D eigenvalue weighted by molar-refractivity contribution is -0.143. The average molecular weight is 371 g/mol. The fraction of sp³-hybridized carbons (Fsp3) is 0.571. The van der Waals surface area contributed by atoms with E-state index in [1.165, 1.54) is 10.6 Å². The average Bonchev–Trinajstić information content (AvgIpc) is 2.94. The van der Waals surface area contributed by atoms with Crippen LogP contribution in [0.3, 0.4) is 0 Å². The smallest absolute Gasteiger partial charge is 0.240 e. The Labute approximate surface area is 160 Å². The molecule has 27 heavy (non-hydrogen) atoms. The SMILES string of the molecule is CCN(CCCNC(=O)CN1C(=O)C2CCCCC2C1=O)c1ccccc1. The number of carbonyl (C=O) groups is 3. The summed E-state index contributed by atoms with van der Waals surface area (Å²) < 4.78 is 0. The van der Waals surface area contributed by atoms with Gasteiger partial charge in [-0.15, -0.1) is 0 Å². The summed E-state index contributed by atoms with van der Waals surface area (Å²) in [7, 11) is 0. The van der Waals surface area contributed by atoms with E-state index in [4.69, 9.17) is 0 Å². The first-order chi connectivity index (χ1) is 13.1. The number of nitrogens with zero attached hydrogens (tertiary/aromatic N) is 2. The predicted molar refractivity (Wildman–Crippen MR) is 104 cm³/mol. The number of carbonyl (C=O) groups excluding carboxylic acids is 3. The van der Waals surface area contributed by atoms with Gasteiger partial charge >= 0.3 is 0 Å². The van der Waals surface area contributed by atoms with E-state index in [0.29, 0.717) is 6.54 Å². The molecule has 1 aliphatic heterocycles. The van der Waals surface area contributed by atoms with Crippen molar-refractivity contribution in [1.82, 2.24) is 10.2 Å². The minimum atomic E-state index is -0.252. The van der Waals surface area contributed by atoms with Crippen LogP contribution in [-0.2, 0) is 14.4 Å². The lowest BCUT2D eigenvalue weighted by atomic mass is 9.81. The lowest BCUT2D eigenvalue weighted by Crippen LogP contribution is -2.41. The van der Waals surface area contributed by atoms with Gasteiger partial charge in [-0.2, -0.15) is 0 Å². The Balaban J connectivity index is 1.42. The molecule has 1 saturated heterocycles. The summed E-state index contributed by atoms with van der Waals surface area (Å²) in [6, 6.07) is 10.2. The molecule has 2 unspecified atom stereocenters. The summed E-state index contributed by atoms with van der Waals surface area (Å²) >= 11 is 0. The van der Waals surface area contributed by atoms with Crippen molar-refractivity contribution in [2.75, 3.05) is 31.1 Å². The number of hydrogen-bond donors (Lipinski definition) is 1. The molecule has 1 saturated carbocycles. The van der Waals surface area contributed by atoms with Gasteiger partial charge in [0.1, 0.15) is 6.54 Å². The fourth-order valence-electron chi connectivity index (χ4n) is 4.19. The molecule has 0 aromatic heterocycles. The minimum Gasteiger partial charge on any atom is -0.372 e. The zero-order chi connectivity index (χ0) is 19.2. The molecule has 146 valence electrons. The number of imide groups is 1. The van der Waals surface area contributed by atoms with Crippen LogP contribution in [0.2, 0.25) is 0 Å². The standard InChI is InChI=1S/C21H29N3O3/c1-2-23(16-9-4-3-5-10-16)14-8-13-22-19(25)15-24-20(26)17-11-6-7-12-18(17)21(24)27/h3-5,9-10,17-18H,2,6-8,11-15H2,1H3,(H,22,25). The van der Waals surface area contributed by atoms with E-state index in [9.17, 15) is 14.4 Å². The molecule has 0 radical (unpaired) electrons. The Morgan fingerprint density at radius 2 is 1.74 bits per heavy atom. The highest BCUT2D eigenvalue weighted by molar-refractivity contribution is 6.07. The van der Waals surface area contributed by atoms with Gasteiger partial charge in [0.15, 0.2) is 0 Å². The van der Waals surface area contributed by atoms with Crippen LogP contribution in [0.4, 0.5) is 5.69 Å². The Bertz CT molecular complexity index is 653. The number of hydrogen-bond acceptors (Lipinski definition) is 4. The van der Waals surface area contributed by atoms with E-state index in [1.807, 2.05) is 18.2 Å². The van der Waals surface area contributed by atoms with Crippen LogP contribution in [0, 0.1) is 11.8 Å². The largest absolute Gasteiger partial charge is 0.372 e. The van der Waals surface area contributed by atoms with Gasteiger partial charge in [-0.3, -0.25) is 19.3 Å². The van der Waals surface area contributed by atoms with E-state index < -0.39 is 0 Å². The Morgan fingerprint density at radius 1 is 1.11 bits per heavy atom. The second kappa shape index (κ2) is 9.02. The topological polar surface area (TPSA) is 69.7 Å². The van der Waals surface area contributed by atoms with Crippen molar-refractivity contribution in [2.45, 2.75) is 39.0 Å². The van der Waals surface area contributed by atoms with Gasteiger partial charge in [0.05, 0.1) is 11.8 Å². The van der Waals surface area contributed by atoms with Gasteiger partial charge in [0, 0.05) is 25.3 Å². The molecule has 2 fully saturated rings. The second-order valence-corrected chi connectivity index (χ2v) is 7.38. The monoisotopic (exact) mass is 371 g/mol. The van der Waals surface area contributed by atoms with Crippen molar-refractivity contribution in [1.29, 1.82) is 0 Å². The van der Waals surface area contributed by atoms with Gasteiger partial charge in [0.2, 0.25) is 17.7 Å². The third kappa shape index (κ3) is 4.49. The van der Waals surface area contributed by atoms with Crippen molar-refractivity contribution in [3.63, 3.8) is 0 Å². The highest BCUT2D eigenvalue weighted by Gasteiger charge is 2.48. The second-order valence-electron chi connectivity index (χ2n) is 7.38. The third-order valence-electron chi connectivity index (χ3n) is 5.66. The van der Waals surface area contributed by atoms with E-state index in [2.05, 4.69) is 29.3 Å². The molecule has 3 rings (SSSR count). The molecular formula is C21H29N3O3. The van der Waals surface area contributed by atoms with Crippen molar-refractivity contribution < 1.29 is 14.4 Å². The maximum atomic E-state index is 12.4. The van der Waals surface area contributed by atoms with Crippen LogP contribution in [0.1, 0.15) is 39.0 Å². The van der Waals surface area contributed by atoms with Crippen LogP contribution in [0.15, 0.2) is 30.3 Å². The molecule has 1 heterocycles. The first-order valence-corrected chi connectivity index (χ1v) is 10.0. The number of benzene rings is 1. The fourth-order valence-corrected chi connectivity index (χ4v) is 4.19. The molecule has 2 aliphatic rings. The predicted octanol–water partition coefficient (Wildman–Crippen LogP) is 2.19. The maximum Gasteiger partial charge on any atom is 0.240 e. The number of para-hydroxylation sites is 1. The third-order valence-corrected chi connectivity index (χ3v) is 5.66. The first kappa shape index (κ1) is 19.4. The molecule has 6 nitrogen and oxygen atoms in total. The van der Waals surface area contributed by atoms with E-state index >= 15 is 0 Å². The van der Waals surface area contributed by atoms with Crippen molar-refractivity contribution in [3.05, 3.63) is 30.3 Å². The number of anilines is 1.